The first kappa shape index (κ1) is 10.5. The molecule has 0 heterocycles. The molecule has 15 heavy (non-hydrogen) atoms. The largest absolute Gasteiger partial charge is 0.391 e. The highest BCUT2D eigenvalue weighted by atomic mass is 35.5. The molecule has 1 saturated carbocycles. The van der Waals surface area contributed by atoms with Crippen LogP contribution in [0.1, 0.15) is 24.3 Å². The Kier molecular flexibility index (Phi) is 2.95. The van der Waals surface area contributed by atoms with Gasteiger partial charge in [0.1, 0.15) is 0 Å². The molecule has 3 heteroatoms. The first-order valence-corrected chi connectivity index (χ1v) is 5.43. The number of hydrogen-bond acceptors (Lipinski definition) is 2. The van der Waals surface area contributed by atoms with E-state index in [-0.39, 0.29) is 0 Å². The van der Waals surface area contributed by atoms with Crippen molar-refractivity contribution in [3.8, 4) is 6.07 Å². The van der Waals surface area contributed by atoms with Crippen molar-refractivity contribution in [1.82, 2.24) is 0 Å². The number of hydrogen-bond donors (Lipinski definition) is 1. The number of rotatable bonds is 3. The first-order chi connectivity index (χ1) is 7.22. The van der Waals surface area contributed by atoms with Gasteiger partial charge in [0.15, 0.2) is 0 Å². The molecule has 2 rings (SSSR count). The molecule has 1 aliphatic rings. The van der Waals surface area contributed by atoms with E-state index in [2.05, 4.69) is 6.07 Å². The maximum absolute atomic E-state index is 9.93. The van der Waals surface area contributed by atoms with E-state index in [1.54, 1.807) is 12.1 Å². The van der Waals surface area contributed by atoms with Crippen molar-refractivity contribution in [2.24, 2.45) is 5.92 Å². The monoisotopic (exact) mass is 221 g/mol. The number of nitrogens with zero attached hydrogens (tertiary/aromatic N) is 1. The Bertz CT molecular complexity index is 395. The number of benzene rings is 1. The molecule has 0 saturated heterocycles. The summed E-state index contributed by atoms with van der Waals surface area (Å²) < 4.78 is 0. The molecule has 2 unspecified atom stereocenters. The Morgan fingerprint density at radius 1 is 1.47 bits per heavy atom. The molecule has 1 N–H and O–H groups in total. The highest BCUT2D eigenvalue weighted by Crippen LogP contribution is 2.39. The number of aliphatic hydroxyl groups is 1. The molecule has 1 fully saturated rings. The smallest absolute Gasteiger partial charge is 0.0974 e. The third kappa shape index (κ3) is 2.31. The normalized spacial score (nSPS) is 19.3. The van der Waals surface area contributed by atoms with Crippen LogP contribution in [0.4, 0.5) is 0 Å². The summed E-state index contributed by atoms with van der Waals surface area (Å²) in [5.74, 6) is -0.148. The van der Waals surface area contributed by atoms with Gasteiger partial charge >= 0.3 is 0 Å². The van der Waals surface area contributed by atoms with E-state index in [0.717, 1.165) is 18.4 Å². The Hall–Kier alpha value is -1.04. The zero-order valence-electron chi connectivity index (χ0n) is 8.23. The molecular formula is C12H12ClNO. The van der Waals surface area contributed by atoms with Crippen molar-refractivity contribution >= 4 is 11.6 Å². The zero-order valence-corrected chi connectivity index (χ0v) is 8.98. The molecular weight excluding hydrogens is 210 g/mol. The fraction of sp³-hybridized carbons (Fsp3) is 0.417. The van der Waals surface area contributed by atoms with Crippen LogP contribution in [0.2, 0.25) is 5.02 Å². The molecule has 0 aromatic heterocycles. The standard InChI is InChI=1S/C12H12ClNO/c13-10-3-1-2-9(6-10)11(7-14)12(15)8-4-5-8/h1-3,6,8,11-12,15H,4-5H2. The van der Waals surface area contributed by atoms with Gasteiger partial charge in [-0.05, 0) is 36.5 Å². The van der Waals surface area contributed by atoms with Gasteiger partial charge < -0.3 is 5.11 Å². The zero-order chi connectivity index (χ0) is 10.8. The average Bonchev–Trinajstić information content (AvgIpc) is 3.02. The number of nitriles is 1. The van der Waals surface area contributed by atoms with Crippen LogP contribution in [0.25, 0.3) is 0 Å². The van der Waals surface area contributed by atoms with Crippen LogP contribution in [-0.2, 0) is 0 Å². The Morgan fingerprint density at radius 2 is 2.20 bits per heavy atom. The third-order valence-corrected chi connectivity index (χ3v) is 3.03. The van der Waals surface area contributed by atoms with E-state index < -0.39 is 12.0 Å². The van der Waals surface area contributed by atoms with Crippen LogP contribution in [0.3, 0.4) is 0 Å². The lowest BCUT2D eigenvalue weighted by Gasteiger charge is -2.16. The quantitative estimate of drug-likeness (QED) is 0.853. The summed E-state index contributed by atoms with van der Waals surface area (Å²) in [6.45, 7) is 0. The molecule has 1 aromatic carbocycles. The molecule has 0 radical (unpaired) electrons. The van der Waals surface area contributed by atoms with Gasteiger partial charge in [-0.15, -0.1) is 0 Å². The van der Waals surface area contributed by atoms with Gasteiger partial charge in [0.05, 0.1) is 18.1 Å². The lowest BCUT2D eigenvalue weighted by atomic mass is 9.92. The van der Waals surface area contributed by atoms with Gasteiger partial charge in [0.25, 0.3) is 0 Å². The molecule has 78 valence electrons. The molecule has 2 atom stereocenters. The van der Waals surface area contributed by atoms with Crippen molar-refractivity contribution < 1.29 is 5.11 Å². The van der Waals surface area contributed by atoms with Crippen LogP contribution >= 0.6 is 11.6 Å². The summed E-state index contributed by atoms with van der Waals surface area (Å²) in [6, 6.07) is 9.32. The van der Waals surface area contributed by atoms with Crippen LogP contribution in [0.5, 0.6) is 0 Å². The minimum Gasteiger partial charge on any atom is -0.391 e. The SMILES string of the molecule is N#CC(c1cccc(Cl)c1)C(O)C1CC1. The van der Waals surface area contributed by atoms with Gasteiger partial charge in [-0.3, -0.25) is 0 Å². The van der Waals surface area contributed by atoms with Crippen molar-refractivity contribution in [3.05, 3.63) is 34.9 Å². The molecule has 0 aliphatic heterocycles. The van der Waals surface area contributed by atoms with E-state index in [1.807, 2.05) is 12.1 Å². The van der Waals surface area contributed by atoms with E-state index in [1.165, 1.54) is 0 Å². The van der Waals surface area contributed by atoms with Crippen LogP contribution in [0, 0.1) is 17.2 Å². The number of halogens is 1. The molecule has 0 spiro atoms. The van der Waals surface area contributed by atoms with Crippen molar-refractivity contribution in [1.29, 1.82) is 5.26 Å². The van der Waals surface area contributed by atoms with E-state index in [4.69, 9.17) is 16.9 Å². The minimum absolute atomic E-state index is 0.300. The lowest BCUT2D eigenvalue weighted by molar-refractivity contribution is 0.138. The maximum atomic E-state index is 9.93. The Balaban J connectivity index is 2.22. The summed E-state index contributed by atoms with van der Waals surface area (Å²) in [7, 11) is 0. The van der Waals surface area contributed by atoms with Gasteiger partial charge in [-0.1, -0.05) is 23.7 Å². The molecule has 1 aromatic rings. The lowest BCUT2D eigenvalue weighted by Crippen LogP contribution is -2.19. The second-order valence-electron chi connectivity index (χ2n) is 3.99. The predicted molar refractivity (Wildman–Crippen MR) is 58.5 cm³/mol. The summed E-state index contributed by atoms with van der Waals surface area (Å²) in [5, 5.41) is 19.6. The highest BCUT2D eigenvalue weighted by Gasteiger charge is 2.36. The van der Waals surface area contributed by atoms with Crippen LogP contribution in [0.15, 0.2) is 24.3 Å². The topological polar surface area (TPSA) is 44.0 Å². The number of aliphatic hydroxyl groups excluding tert-OH is 1. The van der Waals surface area contributed by atoms with Crippen molar-refractivity contribution in [3.63, 3.8) is 0 Å². The second kappa shape index (κ2) is 4.22. The van der Waals surface area contributed by atoms with Crippen LogP contribution in [-0.4, -0.2) is 11.2 Å². The van der Waals surface area contributed by atoms with Gasteiger partial charge in [-0.25, -0.2) is 0 Å². The molecule has 2 nitrogen and oxygen atoms in total. The Morgan fingerprint density at radius 3 is 2.73 bits per heavy atom. The van der Waals surface area contributed by atoms with Gasteiger partial charge in [0, 0.05) is 5.02 Å². The predicted octanol–water partition coefficient (Wildman–Crippen LogP) is 2.72. The minimum atomic E-state index is -0.548. The Labute approximate surface area is 94.1 Å². The summed E-state index contributed by atoms with van der Waals surface area (Å²) in [5.41, 5.74) is 0.810. The average molecular weight is 222 g/mol. The van der Waals surface area contributed by atoms with Crippen LogP contribution < -0.4 is 0 Å². The highest BCUT2D eigenvalue weighted by molar-refractivity contribution is 6.30. The summed E-state index contributed by atoms with van der Waals surface area (Å²) in [6.07, 6.45) is 1.51. The maximum Gasteiger partial charge on any atom is 0.0974 e. The molecule has 1 aliphatic carbocycles. The van der Waals surface area contributed by atoms with Gasteiger partial charge in [0.2, 0.25) is 0 Å². The summed E-state index contributed by atoms with van der Waals surface area (Å²) in [4.78, 5) is 0. The first-order valence-electron chi connectivity index (χ1n) is 5.05. The van der Waals surface area contributed by atoms with Crippen molar-refractivity contribution in [2.75, 3.05) is 0 Å². The third-order valence-electron chi connectivity index (χ3n) is 2.79. The fourth-order valence-electron chi connectivity index (χ4n) is 1.76. The van der Waals surface area contributed by atoms with Crippen molar-refractivity contribution in [2.45, 2.75) is 24.9 Å². The second-order valence-corrected chi connectivity index (χ2v) is 4.43. The van der Waals surface area contributed by atoms with Gasteiger partial charge in [-0.2, -0.15) is 5.26 Å². The van der Waals surface area contributed by atoms with E-state index >= 15 is 0 Å². The van der Waals surface area contributed by atoms with E-state index in [0.29, 0.717) is 10.9 Å². The fourth-order valence-corrected chi connectivity index (χ4v) is 1.96. The van der Waals surface area contributed by atoms with E-state index in [9.17, 15) is 5.11 Å². The molecule has 0 bridgehead atoms. The summed E-state index contributed by atoms with van der Waals surface area (Å²) >= 11 is 5.85. The molecule has 0 amide bonds.